The Labute approximate surface area is 210 Å². The van der Waals surface area contributed by atoms with Crippen molar-refractivity contribution >= 4 is 23.6 Å². The summed E-state index contributed by atoms with van der Waals surface area (Å²) in [6, 6.07) is 13.3. The molecule has 2 unspecified atom stereocenters. The van der Waals surface area contributed by atoms with E-state index >= 15 is 0 Å². The molecule has 8 nitrogen and oxygen atoms in total. The first-order valence-electron chi connectivity index (χ1n) is 11.7. The molecule has 0 aromatic heterocycles. The Balaban J connectivity index is 1.72. The summed E-state index contributed by atoms with van der Waals surface area (Å²) in [6.07, 6.45) is -0.498. The fourth-order valence-electron chi connectivity index (χ4n) is 4.18. The fourth-order valence-corrected chi connectivity index (χ4v) is 5.25. The van der Waals surface area contributed by atoms with E-state index in [0.29, 0.717) is 25.0 Å². The molecule has 3 atom stereocenters. The number of carbonyl (C=O) groups is 1. The standard InChI is InChI=1S/C26H33NO7S/c1-6-18-12-21(27(29)30)20(13-24(18)35-19-10-8-7-9-11-19)17(2)15-32-25(28)33-22-14-26(3,4)34-23(22)16-31-5/h7-13,17,22-23H,6,14-16H2,1-5H3/t17?,22?,23-/m1/s1. The molecule has 1 heterocycles. The van der Waals surface area contributed by atoms with E-state index in [-0.39, 0.29) is 23.3 Å². The lowest BCUT2D eigenvalue weighted by molar-refractivity contribution is -0.385. The van der Waals surface area contributed by atoms with Gasteiger partial charge in [-0.1, -0.05) is 43.8 Å². The van der Waals surface area contributed by atoms with Crippen LogP contribution in [0.4, 0.5) is 10.5 Å². The van der Waals surface area contributed by atoms with Gasteiger partial charge in [0, 0.05) is 40.9 Å². The van der Waals surface area contributed by atoms with Crippen LogP contribution in [0.1, 0.15) is 51.2 Å². The summed E-state index contributed by atoms with van der Waals surface area (Å²) >= 11 is 1.56. The third kappa shape index (κ3) is 7.19. The van der Waals surface area contributed by atoms with Gasteiger partial charge in [-0.15, -0.1) is 0 Å². The van der Waals surface area contributed by atoms with Crippen molar-refractivity contribution in [2.45, 2.75) is 74.1 Å². The zero-order valence-electron chi connectivity index (χ0n) is 20.8. The lowest BCUT2D eigenvalue weighted by atomic mass is 9.97. The maximum atomic E-state index is 12.4. The topological polar surface area (TPSA) is 97.1 Å². The van der Waals surface area contributed by atoms with Crippen LogP contribution in [0.3, 0.4) is 0 Å². The van der Waals surface area contributed by atoms with Crippen LogP contribution < -0.4 is 0 Å². The van der Waals surface area contributed by atoms with Gasteiger partial charge in [0.05, 0.1) is 17.1 Å². The summed E-state index contributed by atoms with van der Waals surface area (Å²) < 4.78 is 21.9. The van der Waals surface area contributed by atoms with E-state index in [2.05, 4.69) is 0 Å². The van der Waals surface area contributed by atoms with Crippen LogP contribution in [0, 0.1) is 10.1 Å². The number of hydrogen-bond acceptors (Lipinski definition) is 8. The molecule has 9 heteroatoms. The van der Waals surface area contributed by atoms with Gasteiger partial charge in [0.15, 0.2) is 0 Å². The lowest BCUT2D eigenvalue weighted by Gasteiger charge is -2.19. The van der Waals surface area contributed by atoms with Gasteiger partial charge in [-0.05, 0) is 44.0 Å². The Kier molecular flexibility index (Phi) is 9.15. The lowest BCUT2D eigenvalue weighted by Crippen LogP contribution is -2.31. The number of aryl methyl sites for hydroxylation is 1. The first kappa shape index (κ1) is 27.0. The first-order chi connectivity index (χ1) is 16.6. The van der Waals surface area contributed by atoms with E-state index < -0.39 is 23.8 Å². The van der Waals surface area contributed by atoms with Crippen molar-refractivity contribution < 1.29 is 28.7 Å². The highest BCUT2D eigenvalue weighted by Gasteiger charge is 2.43. The molecular formula is C26H33NO7S. The number of hydrogen-bond donors (Lipinski definition) is 0. The molecule has 1 saturated heterocycles. The minimum Gasteiger partial charge on any atom is -0.434 e. The Bertz CT molecular complexity index is 1030. The Morgan fingerprint density at radius 1 is 1.29 bits per heavy atom. The average molecular weight is 504 g/mol. The highest BCUT2D eigenvalue weighted by atomic mass is 32.2. The van der Waals surface area contributed by atoms with Crippen LogP contribution in [0.15, 0.2) is 52.3 Å². The zero-order chi connectivity index (χ0) is 25.6. The molecule has 0 amide bonds. The second-order valence-electron chi connectivity index (χ2n) is 9.24. The molecule has 2 aromatic carbocycles. The highest BCUT2D eigenvalue weighted by Crippen LogP contribution is 2.38. The number of ether oxygens (including phenoxy) is 4. The van der Waals surface area contributed by atoms with E-state index in [0.717, 1.165) is 15.4 Å². The van der Waals surface area contributed by atoms with Crippen LogP contribution in [-0.4, -0.2) is 49.2 Å². The van der Waals surface area contributed by atoms with Gasteiger partial charge >= 0.3 is 6.16 Å². The van der Waals surface area contributed by atoms with Crippen molar-refractivity contribution in [3.8, 4) is 0 Å². The molecule has 0 radical (unpaired) electrons. The summed E-state index contributed by atoms with van der Waals surface area (Å²) in [5, 5.41) is 11.8. The Morgan fingerprint density at radius 3 is 2.63 bits per heavy atom. The highest BCUT2D eigenvalue weighted by molar-refractivity contribution is 7.99. The van der Waals surface area contributed by atoms with E-state index in [4.69, 9.17) is 18.9 Å². The molecule has 3 rings (SSSR count). The molecule has 0 N–H and O–H groups in total. The quantitative estimate of drug-likeness (QED) is 0.216. The summed E-state index contributed by atoms with van der Waals surface area (Å²) in [4.78, 5) is 25.9. The number of methoxy groups -OCH3 is 1. The number of carbonyl (C=O) groups excluding carboxylic acids is 1. The fraction of sp³-hybridized carbons (Fsp3) is 0.500. The van der Waals surface area contributed by atoms with Crippen molar-refractivity contribution in [3.05, 3.63) is 63.7 Å². The number of nitro groups is 1. The molecule has 1 aliphatic rings. The third-order valence-corrected chi connectivity index (χ3v) is 7.00. The van der Waals surface area contributed by atoms with Gasteiger partial charge in [-0.3, -0.25) is 10.1 Å². The van der Waals surface area contributed by atoms with Crippen LogP contribution in [0.2, 0.25) is 0 Å². The number of nitrogens with zero attached hydrogens (tertiary/aromatic N) is 1. The average Bonchev–Trinajstić information content (AvgIpc) is 3.10. The molecule has 0 saturated carbocycles. The predicted molar refractivity (Wildman–Crippen MR) is 133 cm³/mol. The number of benzene rings is 2. The molecule has 0 spiro atoms. The molecule has 1 fully saturated rings. The van der Waals surface area contributed by atoms with Gasteiger partial charge < -0.3 is 18.9 Å². The molecule has 2 aromatic rings. The Hall–Kier alpha value is -2.62. The molecule has 0 bridgehead atoms. The normalized spacial score (nSPS) is 19.8. The predicted octanol–water partition coefficient (Wildman–Crippen LogP) is 6.15. The summed E-state index contributed by atoms with van der Waals surface area (Å²) in [5.74, 6) is -0.407. The van der Waals surface area contributed by atoms with E-state index in [1.54, 1.807) is 31.9 Å². The van der Waals surface area contributed by atoms with E-state index in [1.807, 2.05) is 57.2 Å². The minimum atomic E-state index is -0.823. The van der Waals surface area contributed by atoms with Crippen molar-refractivity contribution in [3.63, 3.8) is 0 Å². The largest absolute Gasteiger partial charge is 0.508 e. The van der Waals surface area contributed by atoms with Gasteiger partial charge in [-0.2, -0.15) is 0 Å². The second-order valence-corrected chi connectivity index (χ2v) is 10.4. The zero-order valence-corrected chi connectivity index (χ0v) is 21.6. The summed E-state index contributed by atoms with van der Waals surface area (Å²) in [6.45, 7) is 7.88. The van der Waals surface area contributed by atoms with Crippen molar-refractivity contribution in [2.24, 2.45) is 0 Å². The maximum Gasteiger partial charge on any atom is 0.508 e. The number of nitro benzene ring substituents is 1. The molecule has 35 heavy (non-hydrogen) atoms. The molecular weight excluding hydrogens is 470 g/mol. The third-order valence-electron chi connectivity index (χ3n) is 5.90. The number of rotatable bonds is 10. The van der Waals surface area contributed by atoms with Crippen molar-refractivity contribution in [1.29, 1.82) is 0 Å². The summed E-state index contributed by atoms with van der Waals surface area (Å²) in [5.41, 5.74) is 1.00. The monoisotopic (exact) mass is 503 g/mol. The second kappa shape index (κ2) is 11.9. The van der Waals surface area contributed by atoms with Crippen LogP contribution in [-0.2, 0) is 25.4 Å². The van der Waals surface area contributed by atoms with Gasteiger partial charge in [-0.25, -0.2) is 4.79 Å². The first-order valence-corrected chi connectivity index (χ1v) is 12.5. The van der Waals surface area contributed by atoms with Gasteiger partial charge in [0.2, 0.25) is 0 Å². The minimum absolute atomic E-state index is 0.0230. The van der Waals surface area contributed by atoms with Crippen molar-refractivity contribution in [1.82, 2.24) is 0 Å². The van der Waals surface area contributed by atoms with Crippen LogP contribution >= 0.6 is 11.8 Å². The van der Waals surface area contributed by atoms with Crippen molar-refractivity contribution in [2.75, 3.05) is 20.3 Å². The van der Waals surface area contributed by atoms with E-state index in [1.165, 1.54) is 0 Å². The maximum absolute atomic E-state index is 12.4. The van der Waals surface area contributed by atoms with Gasteiger partial charge in [0.1, 0.15) is 18.8 Å². The Morgan fingerprint density at radius 2 is 2.00 bits per heavy atom. The SMILES string of the molecule is CCc1cc([N+](=O)[O-])c(C(C)COC(=O)OC2CC(C)(C)O[C@@H]2COC)cc1Sc1ccccc1. The molecule has 190 valence electrons. The smallest absolute Gasteiger partial charge is 0.434 e. The van der Waals surface area contributed by atoms with E-state index in [9.17, 15) is 14.9 Å². The summed E-state index contributed by atoms with van der Waals surface area (Å²) in [7, 11) is 1.56. The van der Waals surface area contributed by atoms with Crippen LogP contribution in [0.5, 0.6) is 0 Å². The van der Waals surface area contributed by atoms with Crippen LogP contribution in [0.25, 0.3) is 0 Å². The molecule has 1 aliphatic heterocycles. The van der Waals surface area contributed by atoms with Gasteiger partial charge in [0.25, 0.3) is 5.69 Å². The molecule has 0 aliphatic carbocycles.